The molecule has 140 valence electrons. The van der Waals surface area contributed by atoms with E-state index in [2.05, 4.69) is 5.32 Å². The fourth-order valence-corrected chi connectivity index (χ4v) is 3.53. The summed E-state index contributed by atoms with van der Waals surface area (Å²) in [6, 6.07) is 15.2. The van der Waals surface area contributed by atoms with Crippen LogP contribution in [-0.4, -0.2) is 36.1 Å². The molecule has 1 saturated heterocycles. The van der Waals surface area contributed by atoms with Gasteiger partial charge >= 0.3 is 0 Å². The third-order valence-electron chi connectivity index (χ3n) is 4.98. The summed E-state index contributed by atoms with van der Waals surface area (Å²) >= 11 is 0. The first-order valence-corrected chi connectivity index (χ1v) is 9.20. The Hall–Kier alpha value is -3.02. The first-order chi connectivity index (χ1) is 13.2. The molecule has 0 unspecified atom stereocenters. The highest BCUT2D eigenvalue weighted by Crippen LogP contribution is 2.33. The van der Waals surface area contributed by atoms with E-state index in [1.54, 1.807) is 4.90 Å². The van der Waals surface area contributed by atoms with E-state index < -0.39 is 6.04 Å². The Morgan fingerprint density at radius 1 is 1.07 bits per heavy atom. The summed E-state index contributed by atoms with van der Waals surface area (Å²) in [7, 11) is 0. The molecule has 2 amide bonds. The molecule has 2 aromatic carbocycles. The van der Waals surface area contributed by atoms with Gasteiger partial charge in [-0.2, -0.15) is 0 Å². The number of likely N-dealkylation sites (tertiary alicyclic amines) is 1. The quantitative estimate of drug-likeness (QED) is 0.852. The lowest BCUT2D eigenvalue weighted by Gasteiger charge is -2.24. The van der Waals surface area contributed by atoms with Crippen molar-refractivity contribution < 1.29 is 19.1 Å². The Kier molecular flexibility index (Phi) is 4.96. The van der Waals surface area contributed by atoms with Gasteiger partial charge < -0.3 is 19.7 Å². The van der Waals surface area contributed by atoms with Gasteiger partial charge in [0.1, 0.15) is 6.04 Å². The molecular formula is C21H22N2O4. The minimum atomic E-state index is -0.418. The highest BCUT2D eigenvalue weighted by Gasteiger charge is 2.35. The second kappa shape index (κ2) is 7.70. The van der Waals surface area contributed by atoms with Crippen LogP contribution in [0.1, 0.15) is 24.0 Å². The van der Waals surface area contributed by atoms with Crippen LogP contribution in [0, 0.1) is 0 Å². The zero-order valence-corrected chi connectivity index (χ0v) is 15.0. The zero-order valence-electron chi connectivity index (χ0n) is 15.0. The van der Waals surface area contributed by atoms with Gasteiger partial charge in [0.15, 0.2) is 11.5 Å². The number of ether oxygens (including phenoxy) is 2. The molecule has 2 aliphatic heterocycles. The molecule has 2 heterocycles. The molecule has 0 saturated carbocycles. The molecule has 0 aliphatic carbocycles. The number of carbonyl (C=O) groups is 2. The van der Waals surface area contributed by atoms with E-state index in [1.807, 2.05) is 48.5 Å². The van der Waals surface area contributed by atoms with E-state index in [4.69, 9.17) is 9.47 Å². The highest BCUT2D eigenvalue weighted by molar-refractivity contribution is 5.90. The van der Waals surface area contributed by atoms with Gasteiger partial charge in [-0.25, -0.2) is 0 Å². The molecule has 1 N–H and O–H groups in total. The van der Waals surface area contributed by atoms with Crippen molar-refractivity contribution in [2.24, 2.45) is 0 Å². The molecule has 0 spiro atoms. The fraction of sp³-hybridized carbons (Fsp3) is 0.333. The summed E-state index contributed by atoms with van der Waals surface area (Å²) in [6.07, 6.45) is 1.73. The molecule has 2 aliphatic rings. The Morgan fingerprint density at radius 3 is 2.74 bits per heavy atom. The lowest BCUT2D eigenvalue weighted by atomic mass is 10.1. The Morgan fingerprint density at radius 2 is 1.89 bits per heavy atom. The molecule has 0 aromatic heterocycles. The topological polar surface area (TPSA) is 67.9 Å². The number of amides is 2. The average molecular weight is 366 g/mol. The van der Waals surface area contributed by atoms with Crippen LogP contribution in [0.5, 0.6) is 11.5 Å². The van der Waals surface area contributed by atoms with E-state index in [0.29, 0.717) is 37.4 Å². The van der Waals surface area contributed by atoms with E-state index >= 15 is 0 Å². The monoisotopic (exact) mass is 366 g/mol. The Bertz CT molecular complexity index is 837. The number of nitrogens with one attached hydrogen (secondary N) is 1. The van der Waals surface area contributed by atoms with Crippen molar-refractivity contribution >= 4 is 11.8 Å². The van der Waals surface area contributed by atoms with Gasteiger partial charge in [-0.1, -0.05) is 36.4 Å². The Balaban J connectivity index is 1.36. The lowest BCUT2D eigenvalue weighted by Crippen LogP contribution is -2.44. The molecule has 4 rings (SSSR count). The molecule has 1 fully saturated rings. The third kappa shape index (κ3) is 3.89. The minimum Gasteiger partial charge on any atom is -0.454 e. The van der Waals surface area contributed by atoms with Crippen LogP contribution < -0.4 is 14.8 Å². The number of carbonyl (C=O) groups excluding carboxylic acids is 2. The van der Waals surface area contributed by atoms with Crippen LogP contribution in [0.4, 0.5) is 0 Å². The van der Waals surface area contributed by atoms with Crippen molar-refractivity contribution in [3.8, 4) is 11.5 Å². The standard InChI is InChI=1S/C21H22N2O4/c24-20-9-7-17(21(25)22-11-10-15-4-2-1-3-5-15)23(20)13-16-6-8-18-19(12-16)27-14-26-18/h1-6,8,12,17H,7,9-11,13-14H2,(H,22,25)/t17-/m0/s1. The van der Waals surface area contributed by atoms with Crippen molar-refractivity contribution in [3.05, 3.63) is 59.7 Å². The molecule has 27 heavy (non-hydrogen) atoms. The van der Waals surface area contributed by atoms with Gasteiger partial charge in [-0.05, 0) is 36.1 Å². The first-order valence-electron chi connectivity index (χ1n) is 9.20. The van der Waals surface area contributed by atoms with Gasteiger partial charge in [0.2, 0.25) is 18.6 Å². The van der Waals surface area contributed by atoms with E-state index in [0.717, 1.165) is 12.0 Å². The van der Waals surface area contributed by atoms with Gasteiger partial charge in [-0.15, -0.1) is 0 Å². The maximum Gasteiger partial charge on any atom is 0.242 e. The smallest absolute Gasteiger partial charge is 0.242 e. The summed E-state index contributed by atoms with van der Waals surface area (Å²) in [5.74, 6) is 1.32. The van der Waals surface area contributed by atoms with Crippen molar-refractivity contribution in [1.82, 2.24) is 10.2 Å². The third-order valence-corrected chi connectivity index (χ3v) is 4.98. The number of rotatable bonds is 6. The minimum absolute atomic E-state index is 0.0101. The van der Waals surface area contributed by atoms with Crippen LogP contribution >= 0.6 is 0 Å². The summed E-state index contributed by atoms with van der Waals surface area (Å²) in [4.78, 5) is 26.6. The van der Waals surface area contributed by atoms with Gasteiger partial charge in [-0.3, -0.25) is 9.59 Å². The molecule has 2 aromatic rings. The summed E-state index contributed by atoms with van der Waals surface area (Å²) < 4.78 is 10.7. The number of hydrogen-bond donors (Lipinski definition) is 1. The number of hydrogen-bond acceptors (Lipinski definition) is 4. The lowest BCUT2D eigenvalue weighted by molar-refractivity contribution is -0.135. The summed E-state index contributed by atoms with van der Waals surface area (Å²) in [5.41, 5.74) is 2.11. The molecule has 1 atom stereocenters. The van der Waals surface area contributed by atoms with Crippen LogP contribution in [0.2, 0.25) is 0 Å². The second-order valence-electron chi connectivity index (χ2n) is 6.79. The molecule has 6 heteroatoms. The molecule has 0 bridgehead atoms. The normalized spacial score (nSPS) is 18.0. The van der Waals surface area contributed by atoms with Crippen molar-refractivity contribution in [1.29, 1.82) is 0 Å². The first kappa shape index (κ1) is 17.4. The predicted octanol–water partition coefficient (Wildman–Crippen LogP) is 2.27. The fourth-order valence-electron chi connectivity index (χ4n) is 3.53. The maximum atomic E-state index is 12.6. The van der Waals surface area contributed by atoms with Gasteiger partial charge in [0.05, 0.1) is 0 Å². The zero-order chi connectivity index (χ0) is 18.6. The van der Waals surface area contributed by atoms with Crippen molar-refractivity contribution in [2.45, 2.75) is 31.8 Å². The average Bonchev–Trinajstić information content (AvgIpc) is 3.29. The summed E-state index contributed by atoms with van der Waals surface area (Å²) in [5, 5.41) is 2.97. The maximum absolute atomic E-state index is 12.6. The second-order valence-corrected chi connectivity index (χ2v) is 6.79. The SMILES string of the molecule is O=C(NCCc1ccccc1)[C@@H]1CCC(=O)N1Cc1ccc2c(c1)OCO2. The Labute approximate surface area is 158 Å². The van der Waals surface area contributed by atoms with E-state index in [-0.39, 0.29) is 18.6 Å². The number of fused-ring (bicyclic) bond motifs is 1. The highest BCUT2D eigenvalue weighted by atomic mass is 16.7. The van der Waals surface area contributed by atoms with E-state index in [1.165, 1.54) is 5.56 Å². The van der Waals surface area contributed by atoms with Gasteiger partial charge in [0.25, 0.3) is 0 Å². The van der Waals surface area contributed by atoms with Crippen LogP contribution in [0.15, 0.2) is 48.5 Å². The van der Waals surface area contributed by atoms with Crippen LogP contribution in [0.3, 0.4) is 0 Å². The van der Waals surface area contributed by atoms with Crippen LogP contribution in [-0.2, 0) is 22.6 Å². The number of nitrogens with zero attached hydrogens (tertiary/aromatic N) is 1. The summed E-state index contributed by atoms with van der Waals surface area (Å²) in [6.45, 7) is 1.17. The molecule has 6 nitrogen and oxygen atoms in total. The van der Waals surface area contributed by atoms with Crippen molar-refractivity contribution in [3.63, 3.8) is 0 Å². The number of benzene rings is 2. The molecule has 0 radical (unpaired) electrons. The van der Waals surface area contributed by atoms with Crippen molar-refractivity contribution in [2.75, 3.05) is 13.3 Å². The van der Waals surface area contributed by atoms with E-state index in [9.17, 15) is 9.59 Å². The van der Waals surface area contributed by atoms with Crippen LogP contribution in [0.25, 0.3) is 0 Å². The molecular weight excluding hydrogens is 344 g/mol. The largest absolute Gasteiger partial charge is 0.454 e. The van der Waals surface area contributed by atoms with Gasteiger partial charge in [0, 0.05) is 19.5 Å². The predicted molar refractivity (Wildman–Crippen MR) is 99.3 cm³/mol.